The molecule has 2 saturated carbocycles. The van der Waals surface area contributed by atoms with Gasteiger partial charge < -0.3 is 16.3 Å². The molecule has 0 aromatic carbocycles. The van der Waals surface area contributed by atoms with Crippen molar-refractivity contribution >= 4 is 11.7 Å². The molecule has 5 nitrogen and oxygen atoms in total. The number of hydrogen-bond donors (Lipinski definition) is 3. The van der Waals surface area contributed by atoms with Gasteiger partial charge in [0.05, 0.1) is 6.04 Å². The Morgan fingerprint density at radius 1 is 1.14 bits per heavy atom. The van der Waals surface area contributed by atoms with Crippen LogP contribution in [0.3, 0.4) is 0 Å². The summed E-state index contributed by atoms with van der Waals surface area (Å²) in [6.45, 7) is 0. The first-order chi connectivity index (χ1) is 10.2. The molecule has 0 bridgehead atoms. The van der Waals surface area contributed by atoms with E-state index < -0.39 is 0 Å². The summed E-state index contributed by atoms with van der Waals surface area (Å²) in [6.07, 6.45) is 12.3. The number of carbonyl (C=O) groups is 1. The van der Waals surface area contributed by atoms with E-state index in [-0.39, 0.29) is 17.8 Å². The van der Waals surface area contributed by atoms with E-state index >= 15 is 0 Å². The molecule has 0 aliphatic heterocycles. The van der Waals surface area contributed by atoms with Crippen molar-refractivity contribution in [3.05, 3.63) is 0 Å². The van der Waals surface area contributed by atoms with Crippen molar-refractivity contribution in [3.8, 4) is 0 Å². The van der Waals surface area contributed by atoms with Gasteiger partial charge >= 0.3 is 0 Å². The van der Waals surface area contributed by atoms with Crippen molar-refractivity contribution in [2.75, 3.05) is 0 Å². The summed E-state index contributed by atoms with van der Waals surface area (Å²) in [5.74, 6) is 1.22. The maximum atomic E-state index is 12.2. The average Bonchev–Trinajstić information content (AvgIpc) is 3.04. The molecule has 2 rings (SSSR count). The number of amides is 1. The van der Waals surface area contributed by atoms with Crippen LogP contribution in [0, 0.1) is 11.8 Å². The van der Waals surface area contributed by atoms with Gasteiger partial charge in [0.15, 0.2) is 5.84 Å². The van der Waals surface area contributed by atoms with Gasteiger partial charge in [-0.15, -0.1) is 0 Å². The summed E-state index contributed by atoms with van der Waals surface area (Å²) in [5.41, 5.74) is 5.80. The molecule has 5 heteroatoms. The van der Waals surface area contributed by atoms with E-state index in [4.69, 9.17) is 10.9 Å². The minimum absolute atomic E-state index is 0.0454. The minimum Gasteiger partial charge on any atom is -0.409 e. The van der Waals surface area contributed by atoms with Crippen LogP contribution in [0.1, 0.15) is 70.6 Å². The molecule has 0 radical (unpaired) electrons. The van der Waals surface area contributed by atoms with Crippen LogP contribution in [0.25, 0.3) is 0 Å². The van der Waals surface area contributed by atoms with E-state index in [1.54, 1.807) is 0 Å². The second-order valence-electron chi connectivity index (χ2n) is 6.66. The zero-order valence-electron chi connectivity index (χ0n) is 12.9. The Bertz CT molecular complexity index is 359. The zero-order chi connectivity index (χ0) is 15.1. The van der Waals surface area contributed by atoms with E-state index in [0.29, 0.717) is 18.3 Å². The lowest BCUT2D eigenvalue weighted by molar-refractivity contribution is -0.122. The number of oxime groups is 1. The Morgan fingerprint density at radius 3 is 2.38 bits per heavy atom. The van der Waals surface area contributed by atoms with Crippen LogP contribution in [0.5, 0.6) is 0 Å². The minimum atomic E-state index is -0.300. The number of nitrogens with one attached hydrogen (secondary N) is 1. The highest BCUT2D eigenvalue weighted by molar-refractivity contribution is 5.90. The van der Waals surface area contributed by atoms with Crippen molar-refractivity contribution in [2.45, 2.75) is 76.7 Å². The molecule has 4 N–H and O–H groups in total. The van der Waals surface area contributed by atoms with Gasteiger partial charge in [0.1, 0.15) is 0 Å². The lowest BCUT2D eigenvalue weighted by Crippen LogP contribution is -2.49. The Kier molecular flexibility index (Phi) is 6.33. The molecule has 0 heterocycles. The second-order valence-corrected chi connectivity index (χ2v) is 6.66. The largest absolute Gasteiger partial charge is 0.409 e. The number of carbonyl (C=O) groups excluding carboxylic acids is 1. The SMILES string of the molecule is N/C(=N/O)C(NC(=O)CCC1CCCC1)C1CCCCC1. The Morgan fingerprint density at radius 2 is 1.76 bits per heavy atom. The van der Waals surface area contributed by atoms with Gasteiger partial charge in [0, 0.05) is 6.42 Å². The highest BCUT2D eigenvalue weighted by atomic mass is 16.4. The molecule has 1 amide bonds. The van der Waals surface area contributed by atoms with Crippen molar-refractivity contribution in [1.82, 2.24) is 5.32 Å². The van der Waals surface area contributed by atoms with Crippen LogP contribution >= 0.6 is 0 Å². The van der Waals surface area contributed by atoms with Gasteiger partial charge in [0.25, 0.3) is 0 Å². The third kappa shape index (κ3) is 4.90. The molecule has 0 saturated heterocycles. The Labute approximate surface area is 127 Å². The molecule has 2 fully saturated rings. The fourth-order valence-corrected chi connectivity index (χ4v) is 3.84. The molecule has 120 valence electrons. The van der Waals surface area contributed by atoms with Gasteiger partial charge in [-0.05, 0) is 31.1 Å². The third-order valence-corrected chi connectivity index (χ3v) is 5.13. The van der Waals surface area contributed by atoms with E-state index in [1.807, 2.05) is 0 Å². The Hall–Kier alpha value is -1.26. The van der Waals surface area contributed by atoms with Crippen molar-refractivity contribution in [3.63, 3.8) is 0 Å². The maximum absolute atomic E-state index is 12.2. The highest BCUT2D eigenvalue weighted by Crippen LogP contribution is 2.29. The zero-order valence-corrected chi connectivity index (χ0v) is 12.9. The number of hydrogen-bond acceptors (Lipinski definition) is 3. The topological polar surface area (TPSA) is 87.7 Å². The molecule has 21 heavy (non-hydrogen) atoms. The third-order valence-electron chi connectivity index (χ3n) is 5.13. The first kappa shape index (κ1) is 16.1. The molecule has 0 aromatic heterocycles. The fourth-order valence-electron chi connectivity index (χ4n) is 3.84. The van der Waals surface area contributed by atoms with Crippen molar-refractivity contribution < 1.29 is 10.0 Å². The summed E-state index contributed by atoms with van der Waals surface area (Å²) in [6, 6.07) is -0.300. The number of rotatable bonds is 6. The van der Waals surface area contributed by atoms with Gasteiger partial charge in [-0.3, -0.25) is 4.79 Å². The predicted molar refractivity (Wildman–Crippen MR) is 83.1 cm³/mol. The lowest BCUT2D eigenvalue weighted by atomic mass is 9.83. The van der Waals surface area contributed by atoms with Crippen LogP contribution in [0.2, 0.25) is 0 Å². The quantitative estimate of drug-likeness (QED) is 0.305. The molecule has 2 aliphatic carbocycles. The molecule has 0 aromatic rings. The van der Waals surface area contributed by atoms with E-state index in [9.17, 15) is 4.79 Å². The summed E-state index contributed by atoms with van der Waals surface area (Å²) >= 11 is 0. The van der Waals surface area contributed by atoms with Gasteiger partial charge in [-0.2, -0.15) is 0 Å². The predicted octanol–water partition coefficient (Wildman–Crippen LogP) is 2.77. The molecule has 1 unspecified atom stereocenters. The standard InChI is InChI=1S/C16H29N3O2/c17-16(19-21)15(13-8-2-1-3-9-13)18-14(20)11-10-12-6-4-5-7-12/h12-13,15,21H,1-11H2,(H2,17,19)(H,18,20). The smallest absolute Gasteiger partial charge is 0.220 e. The average molecular weight is 295 g/mol. The van der Waals surface area contributed by atoms with Crippen LogP contribution in [-0.2, 0) is 4.79 Å². The fraction of sp³-hybridized carbons (Fsp3) is 0.875. The van der Waals surface area contributed by atoms with Crippen LogP contribution in [0.4, 0.5) is 0 Å². The summed E-state index contributed by atoms with van der Waals surface area (Å²) in [7, 11) is 0. The van der Waals surface area contributed by atoms with Crippen LogP contribution in [0.15, 0.2) is 5.16 Å². The lowest BCUT2D eigenvalue weighted by Gasteiger charge is -2.30. The van der Waals surface area contributed by atoms with Crippen molar-refractivity contribution in [2.24, 2.45) is 22.7 Å². The highest BCUT2D eigenvalue weighted by Gasteiger charge is 2.28. The molecule has 1 atom stereocenters. The van der Waals surface area contributed by atoms with Gasteiger partial charge in [0.2, 0.25) is 5.91 Å². The monoisotopic (exact) mass is 295 g/mol. The molecule has 2 aliphatic rings. The molecular weight excluding hydrogens is 266 g/mol. The normalized spacial score (nSPS) is 23.1. The molecule has 0 spiro atoms. The van der Waals surface area contributed by atoms with E-state index in [2.05, 4.69) is 10.5 Å². The summed E-state index contributed by atoms with van der Waals surface area (Å²) < 4.78 is 0. The Balaban J connectivity index is 1.83. The van der Waals surface area contributed by atoms with Crippen molar-refractivity contribution in [1.29, 1.82) is 0 Å². The number of amidine groups is 1. The summed E-state index contributed by atoms with van der Waals surface area (Å²) in [4.78, 5) is 12.2. The van der Waals surface area contributed by atoms with Crippen LogP contribution < -0.4 is 11.1 Å². The summed E-state index contributed by atoms with van der Waals surface area (Å²) in [5, 5.41) is 15.1. The first-order valence-electron chi connectivity index (χ1n) is 8.47. The van der Waals surface area contributed by atoms with E-state index in [1.165, 1.54) is 32.1 Å². The number of nitrogens with two attached hydrogens (primary N) is 1. The van der Waals surface area contributed by atoms with Gasteiger partial charge in [-0.1, -0.05) is 50.1 Å². The van der Waals surface area contributed by atoms with Crippen LogP contribution in [-0.4, -0.2) is 23.0 Å². The van der Waals surface area contributed by atoms with Gasteiger partial charge in [-0.25, -0.2) is 0 Å². The maximum Gasteiger partial charge on any atom is 0.220 e. The van der Waals surface area contributed by atoms with E-state index in [0.717, 1.165) is 32.1 Å². The first-order valence-corrected chi connectivity index (χ1v) is 8.47. The number of nitrogens with zero attached hydrogens (tertiary/aromatic N) is 1. The second kappa shape index (κ2) is 8.25. The molecular formula is C16H29N3O2.